The fourth-order valence-corrected chi connectivity index (χ4v) is 3.49. The highest BCUT2D eigenvalue weighted by Gasteiger charge is 2.38. The van der Waals surface area contributed by atoms with E-state index in [4.69, 9.17) is 9.47 Å². The van der Waals surface area contributed by atoms with Gasteiger partial charge in [0.25, 0.3) is 0 Å². The quantitative estimate of drug-likeness (QED) is 0.756. The minimum absolute atomic E-state index is 0.131. The lowest BCUT2D eigenvalue weighted by atomic mass is 9.98. The Morgan fingerprint density at radius 1 is 1.22 bits per heavy atom. The molecular formula is C16H29N3O4. The zero-order valence-corrected chi connectivity index (χ0v) is 13.9. The average Bonchev–Trinajstić information content (AvgIpc) is 2.91. The van der Waals surface area contributed by atoms with Gasteiger partial charge in [-0.15, -0.1) is 0 Å². The number of nitrogens with one attached hydrogen (secondary N) is 1. The van der Waals surface area contributed by atoms with Gasteiger partial charge in [0.2, 0.25) is 0 Å². The molecule has 7 heteroatoms. The molecule has 3 aliphatic heterocycles. The summed E-state index contributed by atoms with van der Waals surface area (Å²) in [6.07, 6.45) is 1.57. The number of hydrogen-bond donors (Lipinski definition) is 2. The number of rotatable bonds is 3. The topological polar surface area (TPSA) is 74.3 Å². The first kappa shape index (κ1) is 17.0. The number of carbonyl (C=O) groups is 1. The maximum absolute atomic E-state index is 12.2. The van der Waals surface area contributed by atoms with E-state index in [1.165, 1.54) is 12.8 Å². The second kappa shape index (κ2) is 7.79. The lowest BCUT2D eigenvalue weighted by Crippen LogP contribution is -2.53. The van der Waals surface area contributed by atoms with Crippen molar-refractivity contribution in [2.75, 3.05) is 52.5 Å². The van der Waals surface area contributed by atoms with Crippen molar-refractivity contribution in [1.29, 1.82) is 0 Å². The highest BCUT2D eigenvalue weighted by Crippen LogP contribution is 2.20. The lowest BCUT2D eigenvalue weighted by molar-refractivity contribution is 0.00852. The molecule has 0 bridgehead atoms. The van der Waals surface area contributed by atoms with Crippen LogP contribution in [0.1, 0.15) is 19.8 Å². The molecule has 2 amide bonds. The fourth-order valence-electron chi connectivity index (χ4n) is 3.49. The van der Waals surface area contributed by atoms with Gasteiger partial charge in [-0.25, -0.2) is 4.79 Å². The van der Waals surface area contributed by atoms with Crippen molar-refractivity contribution < 1.29 is 19.4 Å². The first-order valence-electron chi connectivity index (χ1n) is 8.78. The van der Waals surface area contributed by atoms with E-state index < -0.39 is 6.10 Å². The molecule has 3 aliphatic rings. The number of piperidine rings is 1. The van der Waals surface area contributed by atoms with E-state index in [1.54, 1.807) is 4.90 Å². The van der Waals surface area contributed by atoms with E-state index in [9.17, 15) is 9.90 Å². The molecule has 0 radical (unpaired) electrons. The smallest absolute Gasteiger partial charge is 0.317 e. The summed E-state index contributed by atoms with van der Waals surface area (Å²) in [6.45, 7) is 7.91. The van der Waals surface area contributed by atoms with Crippen molar-refractivity contribution in [3.05, 3.63) is 0 Å². The molecule has 0 spiro atoms. The van der Waals surface area contributed by atoms with Gasteiger partial charge in [-0.3, -0.25) is 0 Å². The van der Waals surface area contributed by atoms with Gasteiger partial charge in [0, 0.05) is 19.6 Å². The number of hydrogen-bond acceptors (Lipinski definition) is 5. The Morgan fingerprint density at radius 3 is 2.61 bits per heavy atom. The van der Waals surface area contributed by atoms with Crippen LogP contribution in [0.15, 0.2) is 0 Å². The summed E-state index contributed by atoms with van der Waals surface area (Å²) in [5.41, 5.74) is 0. The standard InChI is InChI=1S/C16H29N3O4/c1-12-2-4-18(5-3-12)10-14-15(20)13(11-23-14)17-16(21)19-6-8-22-9-7-19/h12-15,20H,2-11H2,1H3,(H,17,21). The number of amides is 2. The molecule has 3 atom stereocenters. The minimum Gasteiger partial charge on any atom is -0.388 e. The molecule has 0 saturated carbocycles. The van der Waals surface area contributed by atoms with Crippen molar-refractivity contribution in [2.24, 2.45) is 5.92 Å². The fraction of sp³-hybridized carbons (Fsp3) is 0.938. The molecule has 3 saturated heterocycles. The van der Waals surface area contributed by atoms with Crippen LogP contribution < -0.4 is 5.32 Å². The van der Waals surface area contributed by atoms with E-state index in [1.807, 2.05) is 0 Å². The molecule has 0 aromatic carbocycles. The third-order valence-electron chi connectivity index (χ3n) is 5.20. The summed E-state index contributed by atoms with van der Waals surface area (Å²) in [7, 11) is 0. The van der Waals surface area contributed by atoms with Gasteiger partial charge in [-0.2, -0.15) is 0 Å². The van der Waals surface area contributed by atoms with Crippen LogP contribution in [0.4, 0.5) is 4.79 Å². The maximum atomic E-state index is 12.2. The lowest BCUT2D eigenvalue weighted by Gasteiger charge is -2.33. The number of urea groups is 1. The molecule has 0 aromatic rings. The van der Waals surface area contributed by atoms with Crippen LogP contribution in [-0.4, -0.2) is 91.7 Å². The van der Waals surface area contributed by atoms with Gasteiger partial charge in [-0.1, -0.05) is 6.92 Å². The van der Waals surface area contributed by atoms with Crippen LogP contribution in [0.25, 0.3) is 0 Å². The average molecular weight is 327 g/mol. The molecule has 0 aliphatic carbocycles. The van der Waals surface area contributed by atoms with E-state index >= 15 is 0 Å². The van der Waals surface area contributed by atoms with Crippen LogP contribution in [0.2, 0.25) is 0 Å². The Morgan fingerprint density at radius 2 is 1.91 bits per heavy atom. The van der Waals surface area contributed by atoms with Crippen molar-refractivity contribution in [2.45, 2.75) is 38.0 Å². The molecular weight excluding hydrogens is 298 g/mol. The molecule has 132 valence electrons. The molecule has 3 rings (SSSR count). The second-order valence-corrected chi connectivity index (χ2v) is 7.00. The van der Waals surface area contributed by atoms with Gasteiger partial charge in [-0.05, 0) is 31.8 Å². The Labute approximate surface area is 137 Å². The van der Waals surface area contributed by atoms with E-state index in [0.717, 1.165) is 25.6 Å². The van der Waals surface area contributed by atoms with Crippen molar-refractivity contribution in [3.8, 4) is 0 Å². The molecule has 3 unspecified atom stereocenters. The molecule has 3 fully saturated rings. The Kier molecular flexibility index (Phi) is 5.74. The zero-order chi connectivity index (χ0) is 16.2. The van der Waals surface area contributed by atoms with Gasteiger partial charge in [0.15, 0.2) is 0 Å². The SMILES string of the molecule is CC1CCN(CC2OCC(NC(=O)N3CCOCC3)C2O)CC1. The Balaban J connectivity index is 1.44. The monoisotopic (exact) mass is 327 g/mol. The number of ether oxygens (including phenoxy) is 2. The van der Waals surface area contributed by atoms with Crippen molar-refractivity contribution in [3.63, 3.8) is 0 Å². The summed E-state index contributed by atoms with van der Waals surface area (Å²) in [5.74, 6) is 0.793. The maximum Gasteiger partial charge on any atom is 0.317 e. The third kappa shape index (κ3) is 4.35. The van der Waals surface area contributed by atoms with Crippen LogP contribution in [0.5, 0.6) is 0 Å². The Bertz CT molecular complexity index is 395. The molecule has 23 heavy (non-hydrogen) atoms. The third-order valence-corrected chi connectivity index (χ3v) is 5.20. The second-order valence-electron chi connectivity index (χ2n) is 7.00. The number of morpholine rings is 1. The molecule has 2 N–H and O–H groups in total. The predicted molar refractivity (Wildman–Crippen MR) is 85.3 cm³/mol. The molecule has 3 heterocycles. The Hall–Kier alpha value is -0.890. The largest absolute Gasteiger partial charge is 0.388 e. The van der Waals surface area contributed by atoms with E-state index in [0.29, 0.717) is 32.9 Å². The summed E-state index contributed by atoms with van der Waals surface area (Å²) in [6, 6.07) is -0.451. The van der Waals surface area contributed by atoms with Gasteiger partial charge < -0.3 is 29.7 Å². The normalized spacial score (nSPS) is 33.8. The van der Waals surface area contributed by atoms with Gasteiger partial charge in [0.05, 0.1) is 32.0 Å². The van der Waals surface area contributed by atoms with Gasteiger partial charge in [0.1, 0.15) is 6.10 Å². The van der Waals surface area contributed by atoms with E-state index in [2.05, 4.69) is 17.1 Å². The summed E-state index contributed by atoms with van der Waals surface area (Å²) in [5, 5.41) is 13.4. The van der Waals surface area contributed by atoms with Crippen LogP contribution in [0.3, 0.4) is 0 Å². The van der Waals surface area contributed by atoms with E-state index in [-0.39, 0.29) is 18.2 Å². The first-order chi connectivity index (χ1) is 11.1. The summed E-state index contributed by atoms with van der Waals surface area (Å²) < 4.78 is 11.0. The molecule has 7 nitrogen and oxygen atoms in total. The summed E-state index contributed by atoms with van der Waals surface area (Å²) in [4.78, 5) is 16.3. The van der Waals surface area contributed by atoms with Crippen molar-refractivity contribution in [1.82, 2.24) is 15.1 Å². The van der Waals surface area contributed by atoms with Crippen LogP contribution >= 0.6 is 0 Å². The highest BCUT2D eigenvalue weighted by atomic mass is 16.5. The molecule has 0 aromatic heterocycles. The first-order valence-corrected chi connectivity index (χ1v) is 8.78. The summed E-state index contributed by atoms with van der Waals surface area (Å²) >= 11 is 0. The van der Waals surface area contributed by atoms with Gasteiger partial charge >= 0.3 is 6.03 Å². The highest BCUT2D eigenvalue weighted by molar-refractivity contribution is 5.74. The predicted octanol–water partition coefficient (Wildman–Crippen LogP) is -0.112. The number of aliphatic hydroxyl groups is 1. The van der Waals surface area contributed by atoms with Crippen LogP contribution in [0, 0.1) is 5.92 Å². The number of nitrogens with zero attached hydrogens (tertiary/aromatic N) is 2. The van der Waals surface area contributed by atoms with Crippen LogP contribution in [-0.2, 0) is 9.47 Å². The number of aliphatic hydroxyl groups excluding tert-OH is 1. The van der Waals surface area contributed by atoms with Crippen molar-refractivity contribution >= 4 is 6.03 Å². The number of carbonyl (C=O) groups excluding carboxylic acids is 1. The zero-order valence-electron chi connectivity index (χ0n) is 13.9. The number of likely N-dealkylation sites (tertiary alicyclic amines) is 1. The minimum atomic E-state index is -0.639.